The average molecular weight is 427 g/mol. The zero-order valence-electron chi connectivity index (χ0n) is 13.5. The zero-order valence-corrected chi connectivity index (χ0v) is 15.9. The Balaban J connectivity index is 2.05. The number of aliphatic carboxylic acids is 1. The molecule has 3 rings (SSSR count). The van der Waals surface area contributed by atoms with Crippen LogP contribution in [0.3, 0.4) is 0 Å². The van der Waals surface area contributed by atoms with Gasteiger partial charge in [-0.05, 0) is 18.2 Å². The second-order valence-corrected chi connectivity index (χ2v) is 7.62. The van der Waals surface area contributed by atoms with Gasteiger partial charge in [0.25, 0.3) is 11.6 Å². The number of carboxylic acid groups (broad SMARTS) is 1. The molecule has 0 saturated carbocycles. The Kier molecular flexibility index (Phi) is 5.59. The molecule has 7 nitrogen and oxygen atoms in total. The molecular formula is C17H12Cl2N2O5S. The third-order valence-corrected chi connectivity index (χ3v) is 6.05. The maximum atomic E-state index is 13.1. The van der Waals surface area contributed by atoms with Crippen LogP contribution in [-0.4, -0.2) is 38.6 Å². The van der Waals surface area contributed by atoms with Crippen molar-refractivity contribution < 1.29 is 19.6 Å². The number of rotatable bonds is 4. The summed E-state index contributed by atoms with van der Waals surface area (Å²) in [6.45, 7) is 0. The molecule has 2 aromatic rings. The molecule has 0 spiro atoms. The van der Waals surface area contributed by atoms with Gasteiger partial charge in [0.2, 0.25) is 0 Å². The number of hydrogen-bond acceptors (Lipinski definition) is 5. The largest absolute Gasteiger partial charge is 0.480 e. The number of carboxylic acids is 1. The number of nitrogens with zero attached hydrogens (tertiary/aromatic N) is 2. The van der Waals surface area contributed by atoms with E-state index in [1.54, 1.807) is 24.3 Å². The van der Waals surface area contributed by atoms with Gasteiger partial charge in [-0.3, -0.25) is 14.9 Å². The van der Waals surface area contributed by atoms with Crippen LogP contribution in [0.1, 0.15) is 21.3 Å². The van der Waals surface area contributed by atoms with Crippen LogP contribution in [0, 0.1) is 10.1 Å². The van der Waals surface area contributed by atoms with E-state index >= 15 is 0 Å². The summed E-state index contributed by atoms with van der Waals surface area (Å²) in [4.78, 5) is 36.4. The summed E-state index contributed by atoms with van der Waals surface area (Å²) in [5.41, 5.74) is 0.164. The van der Waals surface area contributed by atoms with Crippen LogP contribution in [0.4, 0.5) is 5.69 Å². The molecule has 2 unspecified atom stereocenters. The Bertz CT molecular complexity index is 939. The Morgan fingerprint density at radius 1 is 1.19 bits per heavy atom. The van der Waals surface area contributed by atoms with Crippen molar-refractivity contribution in [2.24, 2.45) is 0 Å². The fourth-order valence-corrected chi connectivity index (χ4v) is 4.74. The van der Waals surface area contributed by atoms with E-state index in [0.29, 0.717) is 10.6 Å². The number of hydrogen-bond donors (Lipinski definition) is 1. The molecule has 0 aliphatic carbocycles. The van der Waals surface area contributed by atoms with Crippen molar-refractivity contribution in [3.8, 4) is 0 Å². The molecule has 0 bridgehead atoms. The molecule has 1 saturated heterocycles. The predicted octanol–water partition coefficient (Wildman–Crippen LogP) is 4.24. The molecular weight excluding hydrogens is 415 g/mol. The minimum atomic E-state index is -1.16. The Morgan fingerprint density at radius 2 is 1.89 bits per heavy atom. The Morgan fingerprint density at radius 3 is 2.52 bits per heavy atom. The van der Waals surface area contributed by atoms with E-state index in [0.717, 1.165) is 6.07 Å². The molecule has 140 valence electrons. The smallest absolute Gasteiger partial charge is 0.327 e. The SMILES string of the molecule is O=C(O)C1CSC(c2ccccc2Cl)N1C(=O)c1ccc(Cl)c([N+](=O)[O-])c1. The topological polar surface area (TPSA) is 101 Å². The van der Waals surface area contributed by atoms with E-state index < -0.39 is 33.9 Å². The molecule has 0 radical (unpaired) electrons. The van der Waals surface area contributed by atoms with Gasteiger partial charge in [0.05, 0.1) is 4.92 Å². The molecule has 2 aromatic carbocycles. The Labute approximate surface area is 168 Å². The van der Waals surface area contributed by atoms with Crippen molar-refractivity contribution in [2.75, 3.05) is 5.75 Å². The number of amides is 1. The van der Waals surface area contributed by atoms with Gasteiger partial charge in [0.1, 0.15) is 16.4 Å². The van der Waals surface area contributed by atoms with Crippen molar-refractivity contribution in [3.05, 3.63) is 73.8 Å². The lowest BCUT2D eigenvalue weighted by molar-refractivity contribution is -0.384. The number of halogens is 2. The highest BCUT2D eigenvalue weighted by Crippen LogP contribution is 2.44. The van der Waals surface area contributed by atoms with Crippen LogP contribution in [0.2, 0.25) is 10.0 Å². The van der Waals surface area contributed by atoms with Crippen molar-refractivity contribution in [1.29, 1.82) is 0 Å². The molecule has 0 aromatic heterocycles. The molecule has 1 amide bonds. The first kappa shape index (κ1) is 19.5. The van der Waals surface area contributed by atoms with Gasteiger partial charge in [0.15, 0.2) is 0 Å². The number of nitro benzene ring substituents is 1. The Hall–Kier alpha value is -2.29. The molecule has 1 N–H and O–H groups in total. The number of benzene rings is 2. The van der Waals surface area contributed by atoms with Gasteiger partial charge < -0.3 is 10.0 Å². The third kappa shape index (κ3) is 3.73. The van der Waals surface area contributed by atoms with Crippen molar-refractivity contribution in [3.63, 3.8) is 0 Å². The standard InChI is InChI=1S/C17H12Cl2N2O5S/c18-11-4-2-1-3-10(11)16-20(14(8-27-16)17(23)24)15(22)9-5-6-12(19)13(7-9)21(25)26/h1-7,14,16H,8H2,(H,23,24). The van der Waals surface area contributed by atoms with E-state index in [9.17, 15) is 24.8 Å². The van der Waals surface area contributed by atoms with Crippen molar-refractivity contribution in [1.82, 2.24) is 4.90 Å². The molecule has 2 atom stereocenters. The van der Waals surface area contributed by atoms with Crippen LogP contribution in [0.5, 0.6) is 0 Å². The summed E-state index contributed by atoms with van der Waals surface area (Å²) in [6, 6.07) is 9.39. The second-order valence-electron chi connectivity index (χ2n) is 5.70. The van der Waals surface area contributed by atoms with Crippen LogP contribution in [0.15, 0.2) is 42.5 Å². The summed E-state index contributed by atoms with van der Waals surface area (Å²) in [5, 5.41) is 20.3. The summed E-state index contributed by atoms with van der Waals surface area (Å²) < 4.78 is 0. The highest BCUT2D eigenvalue weighted by molar-refractivity contribution is 7.99. The van der Waals surface area contributed by atoms with Crippen molar-refractivity contribution in [2.45, 2.75) is 11.4 Å². The first-order valence-electron chi connectivity index (χ1n) is 7.66. The molecule has 10 heteroatoms. The first-order chi connectivity index (χ1) is 12.8. The minimum absolute atomic E-state index is 0.0168. The fourth-order valence-electron chi connectivity index (χ4n) is 2.79. The summed E-state index contributed by atoms with van der Waals surface area (Å²) in [6.07, 6.45) is 0. The van der Waals surface area contributed by atoms with Gasteiger partial charge in [-0.2, -0.15) is 0 Å². The van der Waals surface area contributed by atoms with Crippen LogP contribution in [0.25, 0.3) is 0 Å². The number of nitro groups is 1. The summed E-state index contributed by atoms with van der Waals surface area (Å²) >= 11 is 13.3. The van der Waals surface area contributed by atoms with Crippen LogP contribution in [-0.2, 0) is 4.79 Å². The van der Waals surface area contributed by atoms with Gasteiger partial charge in [-0.15, -0.1) is 11.8 Å². The number of carbonyl (C=O) groups excluding carboxylic acids is 1. The van der Waals surface area contributed by atoms with E-state index in [4.69, 9.17) is 23.2 Å². The summed E-state index contributed by atoms with van der Waals surface area (Å²) in [7, 11) is 0. The second kappa shape index (κ2) is 7.75. The lowest BCUT2D eigenvalue weighted by atomic mass is 10.1. The van der Waals surface area contributed by atoms with Gasteiger partial charge in [-0.1, -0.05) is 41.4 Å². The monoisotopic (exact) mass is 426 g/mol. The maximum absolute atomic E-state index is 13.1. The molecule has 1 heterocycles. The minimum Gasteiger partial charge on any atom is -0.480 e. The van der Waals surface area contributed by atoms with E-state index in [2.05, 4.69) is 0 Å². The molecule has 1 fully saturated rings. The maximum Gasteiger partial charge on any atom is 0.327 e. The van der Waals surface area contributed by atoms with Crippen LogP contribution < -0.4 is 0 Å². The highest BCUT2D eigenvalue weighted by Gasteiger charge is 2.43. The first-order valence-corrected chi connectivity index (χ1v) is 9.47. The van der Waals surface area contributed by atoms with E-state index in [1.807, 2.05) is 0 Å². The predicted molar refractivity (Wildman–Crippen MR) is 102 cm³/mol. The lowest BCUT2D eigenvalue weighted by Crippen LogP contribution is -2.43. The van der Waals surface area contributed by atoms with Crippen molar-refractivity contribution >= 4 is 52.5 Å². The number of carbonyl (C=O) groups is 2. The number of thioether (sulfide) groups is 1. The van der Waals surface area contributed by atoms with Gasteiger partial charge in [-0.25, -0.2) is 4.79 Å². The molecule has 27 heavy (non-hydrogen) atoms. The van der Waals surface area contributed by atoms with Crippen LogP contribution >= 0.6 is 35.0 Å². The molecule has 1 aliphatic heterocycles. The average Bonchev–Trinajstić information content (AvgIpc) is 3.06. The quantitative estimate of drug-likeness (QED) is 0.579. The molecule has 1 aliphatic rings. The normalized spacial score (nSPS) is 19.1. The zero-order chi connectivity index (χ0) is 19.7. The third-order valence-electron chi connectivity index (χ3n) is 4.08. The van der Waals surface area contributed by atoms with Gasteiger partial charge in [0, 0.05) is 28.0 Å². The summed E-state index contributed by atoms with van der Waals surface area (Å²) in [5.74, 6) is -1.63. The van der Waals surface area contributed by atoms with E-state index in [1.165, 1.54) is 28.8 Å². The fraction of sp³-hybridized carbons (Fsp3) is 0.176. The van der Waals surface area contributed by atoms with Gasteiger partial charge >= 0.3 is 5.97 Å². The van der Waals surface area contributed by atoms with E-state index in [-0.39, 0.29) is 16.3 Å². The lowest BCUT2D eigenvalue weighted by Gasteiger charge is -2.28. The highest BCUT2D eigenvalue weighted by atomic mass is 35.5.